The molecule has 0 aliphatic heterocycles. The molecule has 0 spiro atoms. The predicted octanol–water partition coefficient (Wildman–Crippen LogP) is 4.58. The first-order valence-electron chi connectivity index (χ1n) is 8.94. The van der Waals surface area contributed by atoms with Crippen LogP contribution in [0.2, 0.25) is 5.02 Å². The summed E-state index contributed by atoms with van der Waals surface area (Å²) in [4.78, 5) is 0.190. The lowest BCUT2D eigenvalue weighted by Crippen LogP contribution is -2.16. The number of aromatic nitrogens is 3. The summed E-state index contributed by atoms with van der Waals surface area (Å²) in [6.45, 7) is 8.22. The summed E-state index contributed by atoms with van der Waals surface area (Å²) in [5.41, 5.74) is 2.76. The van der Waals surface area contributed by atoms with Crippen molar-refractivity contribution in [2.75, 3.05) is 4.72 Å². The van der Waals surface area contributed by atoms with Crippen LogP contribution in [0, 0.1) is 0 Å². The Balaban J connectivity index is 1.99. The molecule has 0 saturated carbocycles. The van der Waals surface area contributed by atoms with Gasteiger partial charge >= 0.3 is 0 Å². The van der Waals surface area contributed by atoms with E-state index in [-0.39, 0.29) is 10.3 Å². The molecular formula is C20H23ClN4O2S. The molecule has 148 valence electrons. The Morgan fingerprint density at radius 3 is 2.39 bits per heavy atom. The molecule has 3 rings (SSSR count). The fraction of sp³-hybridized carbons (Fsp3) is 0.300. The van der Waals surface area contributed by atoms with E-state index in [0.29, 0.717) is 22.8 Å². The highest BCUT2D eigenvalue weighted by Crippen LogP contribution is 2.28. The number of rotatable bonds is 5. The van der Waals surface area contributed by atoms with Gasteiger partial charge in [-0.2, -0.15) is 0 Å². The van der Waals surface area contributed by atoms with Gasteiger partial charge in [-0.1, -0.05) is 56.6 Å². The minimum atomic E-state index is -3.78. The van der Waals surface area contributed by atoms with Gasteiger partial charge in [0.2, 0.25) is 0 Å². The fourth-order valence-electron chi connectivity index (χ4n) is 2.80. The van der Waals surface area contributed by atoms with Gasteiger partial charge in [0.1, 0.15) is 0 Å². The zero-order chi connectivity index (χ0) is 20.5. The fourth-order valence-corrected chi connectivity index (χ4v) is 4.05. The van der Waals surface area contributed by atoms with Crippen LogP contribution in [0.25, 0.3) is 5.69 Å². The summed E-state index contributed by atoms with van der Waals surface area (Å²) < 4.78 is 30.1. The largest absolute Gasteiger partial charge is 0.277 e. The van der Waals surface area contributed by atoms with Crippen LogP contribution in [0.3, 0.4) is 0 Å². The quantitative estimate of drug-likeness (QED) is 0.657. The summed E-state index contributed by atoms with van der Waals surface area (Å²) in [6, 6.07) is 11.8. The van der Waals surface area contributed by atoms with E-state index in [1.807, 2.05) is 19.1 Å². The van der Waals surface area contributed by atoms with Crippen LogP contribution in [0.5, 0.6) is 0 Å². The van der Waals surface area contributed by atoms with Crippen LogP contribution in [-0.2, 0) is 21.9 Å². The highest BCUT2D eigenvalue weighted by Gasteiger charge is 2.20. The molecule has 0 aliphatic carbocycles. The third-order valence-electron chi connectivity index (χ3n) is 4.45. The number of hydrogen-bond acceptors (Lipinski definition) is 4. The lowest BCUT2D eigenvalue weighted by molar-refractivity contribution is 0.587. The molecule has 0 fully saturated rings. The average Bonchev–Trinajstić information content (AvgIpc) is 3.11. The van der Waals surface area contributed by atoms with Crippen LogP contribution < -0.4 is 4.72 Å². The summed E-state index contributed by atoms with van der Waals surface area (Å²) >= 11 is 6.14. The van der Waals surface area contributed by atoms with Gasteiger partial charge in [-0.25, -0.2) is 13.1 Å². The molecule has 3 aromatic rings. The Kier molecular flexibility index (Phi) is 5.50. The van der Waals surface area contributed by atoms with Gasteiger partial charge in [-0.05, 0) is 47.7 Å². The topological polar surface area (TPSA) is 76.9 Å². The second kappa shape index (κ2) is 7.56. The van der Waals surface area contributed by atoms with Crippen molar-refractivity contribution in [1.82, 2.24) is 15.0 Å². The van der Waals surface area contributed by atoms with Crippen LogP contribution in [0.15, 0.2) is 53.6 Å². The van der Waals surface area contributed by atoms with E-state index < -0.39 is 10.0 Å². The number of halogens is 1. The van der Waals surface area contributed by atoms with E-state index in [2.05, 4.69) is 35.8 Å². The van der Waals surface area contributed by atoms with Crippen molar-refractivity contribution in [3.63, 3.8) is 0 Å². The molecule has 0 unspecified atom stereocenters. The normalized spacial score (nSPS) is 12.2. The molecule has 0 bridgehead atoms. The SMILES string of the molecule is CCc1cnnn1-c1cc(Cl)ccc1NS(=O)(=O)c1ccc(C(C)(C)C)cc1. The summed E-state index contributed by atoms with van der Waals surface area (Å²) in [7, 11) is -3.78. The maximum absolute atomic E-state index is 12.9. The molecule has 1 N–H and O–H groups in total. The minimum Gasteiger partial charge on any atom is -0.277 e. The van der Waals surface area contributed by atoms with Crippen LogP contribution >= 0.6 is 11.6 Å². The number of benzene rings is 2. The molecule has 8 heteroatoms. The number of sulfonamides is 1. The highest BCUT2D eigenvalue weighted by atomic mass is 35.5. The molecular weight excluding hydrogens is 396 g/mol. The molecule has 0 atom stereocenters. The molecule has 0 saturated heterocycles. The lowest BCUT2D eigenvalue weighted by atomic mass is 9.87. The van der Waals surface area contributed by atoms with Gasteiger partial charge < -0.3 is 0 Å². The van der Waals surface area contributed by atoms with Gasteiger partial charge in [0.15, 0.2) is 0 Å². The highest BCUT2D eigenvalue weighted by molar-refractivity contribution is 7.92. The molecule has 28 heavy (non-hydrogen) atoms. The van der Waals surface area contributed by atoms with Gasteiger partial charge in [-0.15, -0.1) is 5.10 Å². The second-order valence-electron chi connectivity index (χ2n) is 7.53. The number of anilines is 1. The third-order valence-corrected chi connectivity index (χ3v) is 6.06. The van der Waals surface area contributed by atoms with Gasteiger partial charge in [0.25, 0.3) is 10.0 Å². The molecule has 0 radical (unpaired) electrons. The zero-order valence-electron chi connectivity index (χ0n) is 16.3. The lowest BCUT2D eigenvalue weighted by Gasteiger charge is -2.19. The van der Waals surface area contributed by atoms with E-state index >= 15 is 0 Å². The van der Waals surface area contributed by atoms with Crippen LogP contribution in [0.1, 0.15) is 39.0 Å². The summed E-state index contributed by atoms with van der Waals surface area (Å²) in [5, 5.41) is 8.47. The number of hydrogen-bond donors (Lipinski definition) is 1. The Morgan fingerprint density at radius 1 is 1.11 bits per heavy atom. The first-order chi connectivity index (χ1) is 13.1. The van der Waals surface area contributed by atoms with Crippen molar-refractivity contribution >= 4 is 27.3 Å². The second-order valence-corrected chi connectivity index (χ2v) is 9.65. The predicted molar refractivity (Wildman–Crippen MR) is 112 cm³/mol. The molecule has 2 aromatic carbocycles. The Hall–Kier alpha value is -2.38. The first kappa shape index (κ1) is 20.4. The molecule has 6 nitrogen and oxygen atoms in total. The Morgan fingerprint density at radius 2 is 1.79 bits per heavy atom. The van der Waals surface area contributed by atoms with Crippen LogP contribution in [-0.4, -0.2) is 23.4 Å². The number of nitrogens with one attached hydrogen (secondary N) is 1. The van der Waals surface area contributed by atoms with Crippen LogP contribution in [0.4, 0.5) is 5.69 Å². The maximum Gasteiger partial charge on any atom is 0.261 e. The Bertz CT molecular complexity index is 1080. The number of nitrogens with zero attached hydrogens (tertiary/aromatic N) is 3. The van der Waals surface area contributed by atoms with Gasteiger partial charge in [-0.3, -0.25) is 4.72 Å². The number of aryl methyl sites for hydroxylation is 1. The van der Waals surface area contributed by atoms with E-state index in [4.69, 9.17) is 11.6 Å². The molecule has 0 amide bonds. The monoisotopic (exact) mass is 418 g/mol. The summed E-state index contributed by atoms with van der Waals surface area (Å²) in [5.74, 6) is 0. The van der Waals surface area contributed by atoms with Gasteiger partial charge in [0, 0.05) is 5.02 Å². The summed E-state index contributed by atoms with van der Waals surface area (Å²) in [6.07, 6.45) is 2.34. The minimum absolute atomic E-state index is 0.0529. The smallest absolute Gasteiger partial charge is 0.261 e. The zero-order valence-corrected chi connectivity index (χ0v) is 17.8. The van der Waals surface area contributed by atoms with Crippen molar-refractivity contribution in [1.29, 1.82) is 0 Å². The van der Waals surface area contributed by atoms with E-state index in [1.54, 1.807) is 41.2 Å². The van der Waals surface area contributed by atoms with E-state index in [1.165, 1.54) is 0 Å². The van der Waals surface area contributed by atoms with E-state index in [0.717, 1.165) is 11.3 Å². The molecule has 1 aromatic heterocycles. The van der Waals surface area contributed by atoms with E-state index in [9.17, 15) is 8.42 Å². The first-order valence-corrected chi connectivity index (χ1v) is 10.8. The van der Waals surface area contributed by atoms with Crippen molar-refractivity contribution < 1.29 is 8.42 Å². The van der Waals surface area contributed by atoms with Gasteiger partial charge in [0.05, 0.1) is 28.2 Å². The molecule has 1 heterocycles. The third kappa shape index (κ3) is 4.20. The Labute approximate surface area is 170 Å². The molecule has 0 aliphatic rings. The standard InChI is InChI=1S/C20H23ClN4O2S/c1-5-16-13-22-24-25(16)19-12-15(21)8-11-18(19)23-28(26,27)17-9-6-14(7-10-17)20(2,3)4/h6-13,23H,5H2,1-4H3. The van der Waals surface area contributed by atoms with Crippen molar-refractivity contribution in [3.8, 4) is 5.69 Å². The maximum atomic E-state index is 12.9. The van der Waals surface area contributed by atoms with Crippen molar-refractivity contribution in [3.05, 3.63) is 64.9 Å². The van der Waals surface area contributed by atoms with Crippen molar-refractivity contribution in [2.45, 2.75) is 44.4 Å². The average molecular weight is 419 g/mol. The van der Waals surface area contributed by atoms with Crippen molar-refractivity contribution in [2.24, 2.45) is 0 Å².